The molecular formula is C13H25N3O2. The number of rotatable bonds is 5. The minimum Gasteiger partial charge on any atom is -0.338 e. The summed E-state index contributed by atoms with van der Waals surface area (Å²) in [5.74, 6) is 0.214. The lowest BCUT2D eigenvalue weighted by Crippen LogP contribution is -2.49. The van der Waals surface area contributed by atoms with Crippen molar-refractivity contribution in [3.05, 3.63) is 0 Å². The highest BCUT2D eigenvalue weighted by molar-refractivity contribution is 5.77. The number of amides is 3. The third-order valence-corrected chi connectivity index (χ3v) is 3.49. The van der Waals surface area contributed by atoms with Crippen molar-refractivity contribution >= 4 is 11.9 Å². The van der Waals surface area contributed by atoms with Crippen molar-refractivity contribution in [1.82, 2.24) is 15.1 Å². The Morgan fingerprint density at radius 2 is 2.06 bits per heavy atom. The Bertz CT molecular complexity index is 290. The zero-order valence-electron chi connectivity index (χ0n) is 11.7. The van der Waals surface area contributed by atoms with Gasteiger partial charge in [0, 0.05) is 38.6 Å². The van der Waals surface area contributed by atoms with Crippen LogP contribution in [-0.4, -0.2) is 54.0 Å². The summed E-state index contributed by atoms with van der Waals surface area (Å²) in [6, 6.07) is 0.0358. The van der Waals surface area contributed by atoms with E-state index >= 15 is 0 Å². The van der Waals surface area contributed by atoms with Crippen molar-refractivity contribution in [2.45, 2.75) is 46.1 Å². The van der Waals surface area contributed by atoms with Crippen LogP contribution in [0.1, 0.15) is 40.0 Å². The smallest absolute Gasteiger partial charge is 0.317 e. The first-order valence-corrected chi connectivity index (χ1v) is 6.92. The van der Waals surface area contributed by atoms with E-state index in [1.807, 2.05) is 25.7 Å². The van der Waals surface area contributed by atoms with Gasteiger partial charge >= 0.3 is 6.03 Å². The highest BCUT2D eigenvalue weighted by Gasteiger charge is 2.23. The molecule has 0 aromatic heterocycles. The van der Waals surface area contributed by atoms with Crippen LogP contribution < -0.4 is 5.32 Å². The predicted octanol–water partition coefficient (Wildman–Crippen LogP) is 1.44. The standard InChI is InChI=1S/C13H25N3O2/c1-4-15(5-2)13(18)14-10-11(3)16-9-7-6-8-12(16)17/h11H,4-10H2,1-3H3,(H,14,18). The normalized spacial score (nSPS) is 17.5. The Balaban J connectivity index is 2.38. The molecule has 18 heavy (non-hydrogen) atoms. The molecule has 1 heterocycles. The van der Waals surface area contributed by atoms with E-state index < -0.39 is 0 Å². The number of nitrogens with one attached hydrogen (secondary N) is 1. The van der Waals surface area contributed by atoms with E-state index in [9.17, 15) is 9.59 Å². The quantitative estimate of drug-likeness (QED) is 0.808. The van der Waals surface area contributed by atoms with Gasteiger partial charge in [-0.15, -0.1) is 0 Å². The molecule has 5 heteroatoms. The molecule has 1 aliphatic heterocycles. The van der Waals surface area contributed by atoms with E-state index in [2.05, 4.69) is 5.32 Å². The molecule has 1 atom stereocenters. The average Bonchev–Trinajstić information content (AvgIpc) is 2.38. The molecule has 0 saturated carbocycles. The van der Waals surface area contributed by atoms with Crippen molar-refractivity contribution in [2.75, 3.05) is 26.2 Å². The number of urea groups is 1. The molecular weight excluding hydrogens is 230 g/mol. The molecule has 3 amide bonds. The van der Waals surface area contributed by atoms with Crippen molar-refractivity contribution in [1.29, 1.82) is 0 Å². The van der Waals surface area contributed by atoms with Crippen molar-refractivity contribution in [2.24, 2.45) is 0 Å². The van der Waals surface area contributed by atoms with Gasteiger partial charge in [0.15, 0.2) is 0 Å². The number of piperidine rings is 1. The number of carbonyl (C=O) groups is 2. The molecule has 1 aliphatic rings. The fourth-order valence-electron chi connectivity index (χ4n) is 2.26. The van der Waals surface area contributed by atoms with Gasteiger partial charge in [0.05, 0.1) is 0 Å². The van der Waals surface area contributed by atoms with E-state index in [0.717, 1.165) is 19.4 Å². The summed E-state index contributed by atoms with van der Waals surface area (Å²) in [4.78, 5) is 27.1. The van der Waals surface area contributed by atoms with Crippen LogP contribution in [0.25, 0.3) is 0 Å². The van der Waals surface area contributed by atoms with E-state index in [1.165, 1.54) is 0 Å². The Labute approximate surface area is 110 Å². The van der Waals surface area contributed by atoms with Crippen LogP contribution in [-0.2, 0) is 4.79 Å². The minimum atomic E-state index is -0.0451. The number of likely N-dealkylation sites (tertiary alicyclic amines) is 1. The molecule has 1 N–H and O–H groups in total. The van der Waals surface area contributed by atoms with Gasteiger partial charge in [-0.25, -0.2) is 4.79 Å². The number of carbonyl (C=O) groups excluding carboxylic acids is 2. The highest BCUT2D eigenvalue weighted by Crippen LogP contribution is 2.13. The molecule has 1 fully saturated rings. The third-order valence-electron chi connectivity index (χ3n) is 3.49. The third kappa shape index (κ3) is 3.89. The largest absolute Gasteiger partial charge is 0.338 e. The first-order chi connectivity index (χ1) is 8.60. The molecule has 5 nitrogen and oxygen atoms in total. The molecule has 0 aromatic rings. The van der Waals surface area contributed by atoms with Crippen molar-refractivity contribution in [3.8, 4) is 0 Å². The van der Waals surface area contributed by atoms with E-state index in [4.69, 9.17) is 0 Å². The zero-order valence-corrected chi connectivity index (χ0v) is 11.7. The van der Waals surface area contributed by atoms with E-state index in [1.54, 1.807) is 4.90 Å². The van der Waals surface area contributed by atoms with E-state index in [-0.39, 0.29) is 18.0 Å². The van der Waals surface area contributed by atoms with Crippen LogP contribution >= 0.6 is 0 Å². The number of hydrogen-bond donors (Lipinski definition) is 1. The van der Waals surface area contributed by atoms with Crippen LogP contribution in [0.4, 0.5) is 4.79 Å². The lowest BCUT2D eigenvalue weighted by atomic mass is 10.1. The Hall–Kier alpha value is -1.26. The summed E-state index contributed by atoms with van der Waals surface area (Å²) in [5.41, 5.74) is 0. The van der Waals surface area contributed by atoms with Gasteiger partial charge in [-0.1, -0.05) is 0 Å². The van der Waals surface area contributed by atoms with Gasteiger partial charge in [0.2, 0.25) is 5.91 Å². The Morgan fingerprint density at radius 1 is 1.39 bits per heavy atom. The molecule has 0 radical (unpaired) electrons. The lowest BCUT2D eigenvalue weighted by molar-refractivity contribution is -0.135. The molecule has 0 aliphatic carbocycles. The molecule has 104 valence electrons. The second kappa shape index (κ2) is 7.24. The maximum atomic E-state index is 11.8. The van der Waals surface area contributed by atoms with Crippen LogP contribution in [0, 0.1) is 0 Å². The first kappa shape index (κ1) is 14.8. The summed E-state index contributed by atoms with van der Waals surface area (Å²) in [6.07, 6.45) is 2.71. The SMILES string of the molecule is CCN(CC)C(=O)NCC(C)N1CCCCC1=O. The molecule has 1 rings (SSSR count). The molecule has 1 saturated heterocycles. The Kier molecular flexibility index (Phi) is 5.95. The van der Waals surface area contributed by atoms with Crippen LogP contribution in [0.2, 0.25) is 0 Å². The molecule has 0 bridgehead atoms. The van der Waals surface area contributed by atoms with Crippen molar-refractivity contribution < 1.29 is 9.59 Å². The maximum absolute atomic E-state index is 11.8. The van der Waals surface area contributed by atoms with Gasteiger partial charge in [-0.3, -0.25) is 4.79 Å². The summed E-state index contributed by atoms with van der Waals surface area (Å²) < 4.78 is 0. The Morgan fingerprint density at radius 3 is 2.61 bits per heavy atom. The van der Waals surface area contributed by atoms with Crippen LogP contribution in [0.15, 0.2) is 0 Å². The second-order valence-corrected chi connectivity index (χ2v) is 4.75. The van der Waals surface area contributed by atoms with Gasteiger partial charge in [0.1, 0.15) is 0 Å². The number of hydrogen-bond acceptors (Lipinski definition) is 2. The van der Waals surface area contributed by atoms with Gasteiger partial charge < -0.3 is 15.1 Å². The predicted molar refractivity (Wildman–Crippen MR) is 71.3 cm³/mol. The van der Waals surface area contributed by atoms with Gasteiger partial charge in [-0.2, -0.15) is 0 Å². The summed E-state index contributed by atoms with van der Waals surface area (Å²) in [5, 5.41) is 2.90. The van der Waals surface area contributed by atoms with E-state index in [0.29, 0.717) is 26.1 Å². The number of nitrogens with zero attached hydrogens (tertiary/aromatic N) is 2. The monoisotopic (exact) mass is 255 g/mol. The average molecular weight is 255 g/mol. The lowest BCUT2D eigenvalue weighted by Gasteiger charge is -2.33. The summed E-state index contributed by atoms with van der Waals surface area (Å²) >= 11 is 0. The zero-order chi connectivity index (χ0) is 13.5. The molecule has 0 aromatic carbocycles. The first-order valence-electron chi connectivity index (χ1n) is 6.92. The van der Waals surface area contributed by atoms with Gasteiger partial charge in [0.25, 0.3) is 0 Å². The second-order valence-electron chi connectivity index (χ2n) is 4.75. The summed E-state index contributed by atoms with van der Waals surface area (Å²) in [7, 11) is 0. The maximum Gasteiger partial charge on any atom is 0.317 e. The molecule has 1 unspecified atom stereocenters. The fourth-order valence-corrected chi connectivity index (χ4v) is 2.26. The summed E-state index contributed by atoms with van der Waals surface area (Å²) in [6.45, 7) is 8.67. The van der Waals surface area contributed by atoms with Gasteiger partial charge in [-0.05, 0) is 33.6 Å². The van der Waals surface area contributed by atoms with Crippen LogP contribution in [0.3, 0.4) is 0 Å². The minimum absolute atomic E-state index is 0.0451. The highest BCUT2D eigenvalue weighted by atomic mass is 16.2. The topological polar surface area (TPSA) is 52.7 Å². The fraction of sp³-hybridized carbons (Fsp3) is 0.846. The van der Waals surface area contributed by atoms with Crippen molar-refractivity contribution in [3.63, 3.8) is 0 Å². The van der Waals surface area contributed by atoms with Crippen LogP contribution in [0.5, 0.6) is 0 Å². The molecule has 0 spiro atoms.